The molecule has 0 atom stereocenters. The monoisotopic (exact) mass is 406 g/mol. The van der Waals surface area contributed by atoms with Crippen LogP contribution in [0.1, 0.15) is 41.9 Å². The molecule has 2 heterocycles. The number of ether oxygens (including phenoxy) is 2. The highest BCUT2D eigenvalue weighted by Crippen LogP contribution is 2.28. The normalized spacial score (nSPS) is 13.7. The topological polar surface area (TPSA) is 78.3 Å². The first kappa shape index (κ1) is 19.9. The lowest BCUT2D eigenvalue weighted by atomic mass is 10.1. The third-order valence-corrected chi connectivity index (χ3v) is 5.41. The van der Waals surface area contributed by atoms with Crippen molar-refractivity contribution in [2.45, 2.75) is 38.6 Å². The molecule has 1 aromatic heterocycles. The van der Waals surface area contributed by atoms with Crippen molar-refractivity contribution in [3.05, 3.63) is 53.9 Å². The molecular formula is C23H26N4O3. The minimum atomic E-state index is -0.212. The zero-order valence-electron chi connectivity index (χ0n) is 17.4. The summed E-state index contributed by atoms with van der Waals surface area (Å²) in [5.74, 6) is 2.85. The molecule has 30 heavy (non-hydrogen) atoms. The van der Waals surface area contributed by atoms with E-state index in [0.29, 0.717) is 22.7 Å². The van der Waals surface area contributed by atoms with Gasteiger partial charge >= 0.3 is 0 Å². The van der Waals surface area contributed by atoms with Crippen molar-refractivity contribution < 1.29 is 14.3 Å². The molecule has 7 heteroatoms. The van der Waals surface area contributed by atoms with E-state index in [2.05, 4.69) is 20.1 Å². The SMILES string of the molecule is COc1ccc(C(=O)Nc2ccc(-c3nnc4n3CCCCCC4)cc2)cc1OC. The third-order valence-electron chi connectivity index (χ3n) is 5.41. The van der Waals surface area contributed by atoms with Gasteiger partial charge in [-0.25, -0.2) is 0 Å². The highest BCUT2D eigenvalue weighted by Gasteiger charge is 2.16. The minimum Gasteiger partial charge on any atom is -0.493 e. The highest BCUT2D eigenvalue weighted by atomic mass is 16.5. The van der Waals surface area contributed by atoms with Crippen molar-refractivity contribution in [3.63, 3.8) is 0 Å². The highest BCUT2D eigenvalue weighted by molar-refractivity contribution is 6.04. The zero-order valence-corrected chi connectivity index (χ0v) is 17.4. The molecule has 0 saturated heterocycles. The standard InChI is InChI=1S/C23H26N4O3/c1-29-19-13-10-17(15-20(19)30-2)23(28)24-18-11-8-16(9-12-18)22-26-25-21-7-5-3-4-6-14-27(21)22/h8-13,15H,3-7,14H2,1-2H3,(H,24,28). The van der Waals surface area contributed by atoms with Crippen molar-refractivity contribution >= 4 is 11.6 Å². The van der Waals surface area contributed by atoms with Crippen LogP contribution in [0.15, 0.2) is 42.5 Å². The largest absolute Gasteiger partial charge is 0.493 e. The zero-order chi connectivity index (χ0) is 20.9. The van der Waals surface area contributed by atoms with Crippen LogP contribution in [0.5, 0.6) is 11.5 Å². The Kier molecular flexibility index (Phi) is 5.97. The van der Waals surface area contributed by atoms with Crippen LogP contribution >= 0.6 is 0 Å². The third kappa shape index (κ3) is 4.15. The fraction of sp³-hybridized carbons (Fsp3) is 0.348. The Morgan fingerprint density at radius 3 is 2.47 bits per heavy atom. The lowest BCUT2D eigenvalue weighted by Gasteiger charge is -2.13. The molecule has 2 aromatic carbocycles. The van der Waals surface area contributed by atoms with Gasteiger partial charge in [-0.2, -0.15) is 0 Å². The van der Waals surface area contributed by atoms with E-state index in [0.717, 1.165) is 36.6 Å². The van der Waals surface area contributed by atoms with Gasteiger partial charge in [0.2, 0.25) is 0 Å². The maximum atomic E-state index is 12.6. The molecule has 0 bridgehead atoms. The molecule has 0 saturated carbocycles. The minimum absolute atomic E-state index is 0.212. The van der Waals surface area contributed by atoms with E-state index in [9.17, 15) is 4.79 Å². The molecule has 1 aliphatic rings. The number of fused-ring (bicyclic) bond motifs is 1. The summed E-state index contributed by atoms with van der Waals surface area (Å²) in [6.45, 7) is 0.954. The van der Waals surface area contributed by atoms with Crippen molar-refractivity contribution in [2.75, 3.05) is 19.5 Å². The van der Waals surface area contributed by atoms with E-state index >= 15 is 0 Å². The Morgan fingerprint density at radius 2 is 1.70 bits per heavy atom. The molecule has 7 nitrogen and oxygen atoms in total. The summed E-state index contributed by atoms with van der Waals surface area (Å²) in [4.78, 5) is 12.6. The summed E-state index contributed by atoms with van der Waals surface area (Å²) >= 11 is 0. The Labute approximate surface area is 176 Å². The molecular weight excluding hydrogens is 380 g/mol. The molecule has 1 aliphatic heterocycles. The number of nitrogens with one attached hydrogen (secondary N) is 1. The van der Waals surface area contributed by atoms with Gasteiger partial charge in [-0.05, 0) is 55.3 Å². The van der Waals surface area contributed by atoms with Gasteiger partial charge in [0.05, 0.1) is 14.2 Å². The number of benzene rings is 2. The number of aryl methyl sites for hydroxylation is 1. The molecule has 0 aliphatic carbocycles. The molecule has 0 unspecified atom stereocenters. The molecule has 1 amide bonds. The number of methoxy groups -OCH3 is 2. The molecule has 4 rings (SSSR count). The number of carbonyl (C=O) groups is 1. The lowest BCUT2D eigenvalue weighted by Crippen LogP contribution is -2.12. The molecule has 0 radical (unpaired) electrons. The molecule has 156 valence electrons. The predicted octanol–water partition coefficient (Wildman–Crippen LogP) is 4.33. The van der Waals surface area contributed by atoms with Crippen molar-refractivity contribution in [2.24, 2.45) is 0 Å². The Morgan fingerprint density at radius 1 is 0.933 bits per heavy atom. The van der Waals surface area contributed by atoms with Gasteiger partial charge in [-0.15, -0.1) is 10.2 Å². The fourth-order valence-electron chi connectivity index (χ4n) is 3.76. The summed E-state index contributed by atoms with van der Waals surface area (Å²) in [5.41, 5.74) is 2.21. The molecule has 3 aromatic rings. The second-order valence-electron chi connectivity index (χ2n) is 7.36. The summed E-state index contributed by atoms with van der Waals surface area (Å²) in [7, 11) is 3.11. The Hall–Kier alpha value is -3.35. The van der Waals surface area contributed by atoms with Crippen LogP contribution in [-0.2, 0) is 13.0 Å². The summed E-state index contributed by atoms with van der Waals surface area (Å²) in [6, 6.07) is 12.8. The number of carbonyl (C=O) groups excluding carboxylic acids is 1. The van der Waals surface area contributed by atoms with Crippen molar-refractivity contribution in [3.8, 4) is 22.9 Å². The van der Waals surface area contributed by atoms with Gasteiger partial charge in [0.25, 0.3) is 5.91 Å². The van der Waals surface area contributed by atoms with Crippen LogP contribution in [0.25, 0.3) is 11.4 Å². The van der Waals surface area contributed by atoms with Crippen LogP contribution in [-0.4, -0.2) is 34.9 Å². The molecule has 1 N–H and O–H groups in total. The van der Waals surface area contributed by atoms with Gasteiger partial charge in [0, 0.05) is 29.8 Å². The lowest BCUT2D eigenvalue weighted by molar-refractivity contribution is 0.102. The van der Waals surface area contributed by atoms with Crippen LogP contribution in [0, 0.1) is 0 Å². The first-order chi connectivity index (χ1) is 14.7. The Balaban J connectivity index is 1.50. The number of rotatable bonds is 5. The predicted molar refractivity (Wildman–Crippen MR) is 115 cm³/mol. The fourth-order valence-corrected chi connectivity index (χ4v) is 3.76. The summed E-state index contributed by atoms with van der Waals surface area (Å²) in [6.07, 6.45) is 5.80. The maximum Gasteiger partial charge on any atom is 0.255 e. The number of hydrogen-bond acceptors (Lipinski definition) is 5. The number of aromatic nitrogens is 3. The van der Waals surface area contributed by atoms with Gasteiger partial charge in [-0.1, -0.05) is 12.8 Å². The van der Waals surface area contributed by atoms with Crippen molar-refractivity contribution in [1.82, 2.24) is 14.8 Å². The van der Waals surface area contributed by atoms with E-state index in [-0.39, 0.29) is 5.91 Å². The number of hydrogen-bond donors (Lipinski definition) is 1. The van der Waals surface area contributed by atoms with E-state index in [1.165, 1.54) is 19.3 Å². The Bertz CT molecular complexity index is 1030. The van der Waals surface area contributed by atoms with Crippen LogP contribution < -0.4 is 14.8 Å². The number of amides is 1. The van der Waals surface area contributed by atoms with Gasteiger partial charge < -0.3 is 19.4 Å². The molecule has 0 fully saturated rings. The summed E-state index contributed by atoms with van der Waals surface area (Å²) < 4.78 is 12.7. The number of nitrogens with zero attached hydrogens (tertiary/aromatic N) is 3. The average molecular weight is 406 g/mol. The van der Waals surface area contributed by atoms with Crippen LogP contribution in [0.4, 0.5) is 5.69 Å². The van der Waals surface area contributed by atoms with E-state index in [1.54, 1.807) is 32.4 Å². The van der Waals surface area contributed by atoms with Crippen molar-refractivity contribution in [1.29, 1.82) is 0 Å². The smallest absolute Gasteiger partial charge is 0.255 e. The molecule has 0 spiro atoms. The van der Waals surface area contributed by atoms with E-state index < -0.39 is 0 Å². The summed E-state index contributed by atoms with van der Waals surface area (Å²) in [5, 5.41) is 11.7. The number of anilines is 1. The second kappa shape index (κ2) is 8.98. The van der Waals surface area contributed by atoms with Gasteiger partial charge in [0.1, 0.15) is 5.82 Å². The quantitative estimate of drug-likeness (QED) is 0.682. The van der Waals surface area contributed by atoms with Gasteiger partial charge in [-0.3, -0.25) is 4.79 Å². The van der Waals surface area contributed by atoms with Gasteiger partial charge in [0.15, 0.2) is 17.3 Å². The first-order valence-corrected chi connectivity index (χ1v) is 10.3. The van der Waals surface area contributed by atoms with Crippen LogP contribution in [0.2, 0.25) is 0 Å². The second-order valence-corrected chi connectivity index (χ2v) is 7.36. The van der Waals surface area contributed by atoms with E-state index in [1.807, 2.05) is 24.3 Å². The van der Waals surface area contributed by atoms with Crippen LogP contribution in [0.3, 0.4) is 0 Å². The average Bonchev–Trinajstić information content (AvgIpc) is 3.15. The first-order valence-electron chi connectivity index (χ1n) is 10.3. The van der Waals surface area contributed by atoms with E-state index in [4.69, 9.17) is 9.47 Å². The maximum absolute atomic E-state index is 12.6.